The number of nitrogens with zero attached hydrogens (tertiary/aromatic N) is 2. The molecular formula is C23H25N3O3S2. The molecular weight excluding hydrogens is 430 g/mol. The molecule has 1 unspecified atom stereocenters. The highest BCUT2D eigenvalue weighted by Gasteiger charge is 2.29. The van der Waals surface area contributed by atoms with Crippen LogP contribution in [0.1, 0.15) is 40.7 Å². The number of fused-ring (bicyclic) bond motifs is 1. The molecule has 3 aromatic rings. The molecule has 0 aliphatic carbocycles. The van der Waals surface area contributed by atoms with Crippen LogP contribution >= 0.6 is 22.7 Å². The summed E-state index contributed by atoms with van der Waals surface area (Å²) in [5.41, 5.74) is 2.38. The molecule has 1 aliphatic heterocycles. The van der Waals surface area contributed by atoms with E-state index < -0.39 is 6.04 Å². The lowest BCUT2D eigenvalue weighted by molar-refractivity contribution is -0.134. The molecule has 1 atom stereocenters. The lowest BCUT2D eigenvalue weighted by Crippen LogP contribution is -2.49. The zero-order valence-corrected chi connectivity index (χ0v) is 19.2. The number of thiophene rings is 1. The van der Waals surface area contributed by atoms with E-state index in [-0.39, 0.29) is 11.8 Å². The quantitative estimate of drug-likeness (QED) is 0.575. The molecule has 31 heavy (non-hydrogen) atoms. The third-order valence-electron chi connectivity index (χ3n) is 5.37. The summed E-state index contributed by atoms with van der Waals surface area (Å²) < 4.78 is 5.40. The molecule has 2 aromatic heterocycles. The SMILES string of the molecule is CCCC(NC(=O)c1csc(-c2ccccc2OC)n1)C(=O)N1CCc2sccc2C1. The standard InChI is InChI=1S/C23H25N3O3S2/c1-3-6-17(23(28)26-11-9-20-15(13-26)10-12-30-20)24-21(27)18-14-31-22(25-18)16-7-4-5-8-19(16)29-2/h4-5,7-8,10,12,14,17H,3,6,9,11,13H2,1-2H3,(H,24,27). The smallest absolute Gasteiger partial charge is 0.271 e. The van der Waals surface area contributed by atoms with Gasteiger partial charge >= 0.3 is 0 Å². The number of nitrogens with one attached hydrogen (secondary N) is 1. The van der Waals surface area contributed by atoms with Crippen molar-refractivity contribution < 1.29 is 14.3 Å². The summed E-state index contributed by atoms with van der Waals surface area (Å²) in [6.45, 7) is 3.32. The number of ether oxygens (including phenoxy) is 1. The van der Waals surface area contributed by atoms with E-state index in [4.69, 9.17) is 4.74 Å². The lowest BCUT2D eigenvalue weighted by Gasteiger charge is -2.30. The molecule has 0 bridgehead atoms. The first kappa shape index (κ1) is 21.5. The molecule has 2 amide bonds. The van der Waals surface area contributed by atoms with Gasteiger partial charge in [-0.1, -0.05) is 25.5 Å². The zero-order chi connectivity index (χ0) is 21.8. The Bertz CT molecular complexity index is 1080. The molecule has 3 heterocycles. The van der Waals surface area contributed by atoms with Crippen molar-refractivity contribution in [3.05, 3.63) is 57.2 Å². The van der Waals surface area contributed by atoms with Crippen LogP contribution in [0.15, 0.2) is 41.1 Å². The van der Waals surface area contributed by atoms with E-state index in [2.05, 4.69) is 21.7 Å². The summed E-state index contributed by atoms with van der Waals surface area (Å²) >= 11 is 3.13. The first-order valence-electron chi connectivity index (χ1n) is 10.3. The molecule has 4 rings (SSSR count). The summed E-state index contributed by atoms with van der Waals surface area (Å²) in [6, 6.07) is 9.12. The normalized spacial score (nSPS) is 14.1. The maximum atomic E-state index is 13.2. The highest BCUT2D eigenvalue weighted by molar-refractivity contribution is 7.13. The number of methoxy groups -OCH3 is 1. The molecule has 0 saturated carbocycles. The van der Waals surface area contributed by atoms with Crippen molar-refractivity contribution in [1.29, 1.82) is 0 Å². The first-order valence-corrected chi connectivity index (χ1v) is 12.1. The second-order valence-electron chi connectivity index (χ2n) is 7.43. The summed E-state index contributed by atoms with van der Waals surface area (Å²) in [6.07, 6.45) is 2.28. The Hall–Kier alpha value is -2.71. The van der Waals surface area contributed by atoms with Crippen molar-refractivity contribution in [2.24, 2.45) is 0 Å². The number of hydrogen-bond donors (Lipinski definition) is 1. The van der Waals surface area contributed by atoms with Crippen molar-refractivity contribution in [3.8, 4) is 16.3 Å². The monoisotopic (exact) mass is 455 g/mol. The Labute approximate surface area is 189 Å². The van der Waals surface area contributed by atoms with Gasteiger partial charge in [-0.15, -0.1) is 22.7 Å². The van der Waals surface area contributed by atoms with Gasteiger partial charge in [0.05, 0.1) is 12.7 Å². The maximum absolute atomic E-state index is 13.2. The van der Waals surface area contributed by atoms with E-state index in [9.17, 15) is 9.59 Å². The fourth-order valence-electron chi connectivity index (χ4n) is 3.76. The van der Waals surface area contributed by atoms with Crippen molar-refractivity contribution in [2.75, 3.05) is 13.7 Å². The van der Waals surface area contributed by atoms with Gasteiger partial charge in [-0.2, -0.15) is 0 Å². The topological polar surface area (TPSA) is 71.5 Å². The third-order valence-corrected chi connectivity index (χ3v) is 7.27. The Balaban J connectivity index is 1.47. The van der Waals surface area contributed by atoms with Crippen LogP contribution in [-0.4, -0.2) is 41.4 Å². The van der Waals surface area contributed by atoms with Gasteiger partial charge in [0.25, 0.3) is 5.91 Å². The van der Waals surface area contributed by atoms with E-state index >= 15 is 0 Å². The van der Waals surface area contributed by atoms with Crippen LogP contribution < -0.4 is 10.1 Å². The summed E-state index contributed by atoms with van der Waals surface area (Å²) in [5, 5.41) is 7.44. The van der Waals surface area contributed by atoms with Gasteiger partial charge in [0, 0.05) is 23.3 Å². The van der Waals surface area contributed by atoms with Crippen molar-refractivity contribution in [2.45, 2.75) is 38.8 Å². The molecule has 162 valence electrons. The number of hydrogen-bond acceptors (Lipinski definition) is 6. The third kappa shape index (κ3) is 4.65. The molecule has 1 aliphatic rings. The fourth-order valence-corrected chi connectivity index (χ4v) is 5.48. The van der Waals surface area contributed by atoms with Gasteiger partial charge in [0.2, 0.25) is 5.91 Å². The molecule has 0 spiro atoms. The van der Waals surface area contributed by atoms with Gasteiger partial charge in [0.15, 0.2) is 0 Å². The second-order valence-corrected chi connectivity index (χ2v) is 9.29. The predicted molar refractivity (Wildman–Crippen MR) is 124 cm³/mol. The second kappa shape index (κ2) is 9.62. The Morgan fingerprint density at radius 3 is 2.90 bits per heavy atom. The van der Waals surface area contributed by atoms with Crippen LogP contribution in [0.5, 0.6) is 5.75 Å². The predicted octanol–water partition coefficient (Wildman–Crippen LogP) is 4.36. The summed E-state index contributed by atoms with van der Waals surface area (Å²) in [7, 11) is 1.61. The Kier molecular flexibility index (Phi) is 6.67. The van der Waals surface area contributed by atoms with Crippen molar-refractivity contribution in [3.63, 3.8) is 0 Å². The number of amides is 2. The Morgan fingerprint density at radius 1 is 1.26 bits per heavy atom. The van der Waals surface area contributed by atoms with Crippen LogP contribution in [-0.2, 0) is 17.8 Å². The highest BCUT2D eigenvalue weighted by atomic mass is 32.1. The highest BCUT2D eigenvalue weighted by Crippen LogP contribution is 2.32. The maximum Gasteiger partial charge on any atom is 0.271 e. The van der Waals surface area contributed by atoms with Crippen LogP contribution in [0.3, 0.4) is 0 Å². The fraction of sp³-hybridized carbons (Fsp3) is 0.348. The van der Waals surface area contributed by atoms with Crippen LogP contribution in [0, 0.1) is 0 Å². The molecule has 0 saturated heterocycles. The molecule has 6 nitrogen and oxygen atoms in total. The van der Waals surface area contributed by atoms with Gasteiger partial charge < -0.3 is 15.0 Å². The number of carbonyl (C=O) groups is 2. The number of rotatable bonds is 7. The van der Waals surface area contributed by atoms with E-state index in [1.165, 1.54) is 21.8 Å². The van der Waals surface area contributed by atoms with Gasteiger partial charge in [0.1, 0.15) is 22.5 Å². The first-order chi connectivity index (χ1) is 15.1. The summed E-state index contributed by atoms with van der Waals surface area (Å²) in [5.74, 6) is 0.366. The molecule has 1 N–H and O–H groups in total. The van der Waals surface area contributed by atoms with Crippen molar-refractivity contribution >= 4 is 34.5 Å². The van der Waals surface area contributed by atoms with E-state index in [0.29, 0.717) is 36.0 Å². The number of aromatic nitrogens is 1. The lowest BCUT2D eigenvalue weighted by atomic mass is 10.1. The van der Waals surface area contributed by atoms with Crippen LogP contribution in [0.25, 0.3) is 10.6 Å². The minimum Gasteiger partial charge on any atom is -0.496 e. The average molecular weight is 456 g/mol. The Morgan fingerprint density at radius 2 is 2.10 bits per heavy atom. The molecule has 0 fully saturated rings. The largest absolute Gasteiger partial charge is 0.496 e. The number of carbonyl (C=O) groups excluding carboxylic acids is 2. The van der Waals surface area contributed by atoms with E-state index in [0.717, 1.165) is 18.4 Å². The van der Waals surface area contributed by atoms with Gasteiger partial charge in [-0.05, 0) is 42.0 Å². The average Bonchev–Trinajstić information content (AvgIpc) is 3.47. The summed E-state index contributed by atoms with van der Waals surface area (Å²) in [4.78, 5) is 33.8. The number of thiazole rings is 1. The number of benzene rings is 1. The van der Waals surface area contributed by atoms with Crippen LogP contribution in [0.2, 0.25) is 0 Å². The minimum absolute atomic E-state index is 0.0211. The van der Waals surface area contributed by atoms with Gasteiger partial charge in [-0.25, -0.2) is 4.98 Å². The van der Waals surface area contributed by atoms with E-state index in [1.54, 1.807) is 23.8 Å². The molecule has 1 aromatic carbocycles. The van der Waals surface area contributed by atoms with E-state index in [1.807, 2.05) is 36.1 Å². The van der Waals surface area contributed by atoms with Gasteiger partial charge in [-0.3, -0.25) is 9.59 Å². The van der Waals surface area contributed by atoms with Crippen molar-refractivity contribution in [1.82, 2.24) is 15.2 Å². The van der Waals surface area contributed by atoms with Crippen LogP contribution in [0.4, 0.5) is 0 Å². The molecule has 0 radical (unpaired) electrons. The molecule has 8 heteroatoms. The zero-order valence-electron chi connectivity index (χ0n) is 17.6. The minimum atomic E-state index is -0.547. The number of para-hydroxylation sites is 1.